The summed E-state index contributed by atoms with van der Waals surface area (Å²) >= 11 is 1.09. The van der Waals surface area contributed by atoms with Crippen molar-refractivity contribution in [2.75, 3.05) is 11.1 Å². The van der Waals surface area contributed by atoms with Crippen LogP contribution in [-0.2, 0) is 15.6 Å². The molecule has 2 aromatic carbocycles. The van der Waals surface area contributed by atoms with Gasteiger partial charge in [0.2, 0.25) is 5.91 Å². The van der Waals surface area contributed by atoms with Crippen molar-refractivity contribution in [3.05, 3.63) is 48.5 Å². The molecule has 1 amide bonds. The van der Waals surface area contributed by atoms with Gasteiger partial charge >= 0.3 is 0 Å². The first-order valence-corrected chi connectivity index (χ1v) is 8.23. The molecule has 0 saturated carbocycles. The molecule has 0 saturated heterocycles. The zero-order valence-corrected chi connectivity index (χ0v) is 12.5. The van der Waals surface area contributed by atoms with Crippen LogP contribution in [0, 0.1) is 0 Å². The van der Waals surface area contributed by atoms with Crippen LogP contribution in [0.4, 0.5) is 5.69 Å². The van der Waals surface area contributed by atoms with E-state index in [0.29, 0.717) is 16.1 Å². The minimum atomic E-state index is -1.36. The molecular formula is C14H11N3O2S2. The van der Waals surface area contributed by atoms with Crippen molar-refractivity contribution in [1.29, 1.82) is 0 Å². The summed E-state index contributed by atoms with van der Waals surface area (Å²) in [4.78, 5) is 12.7. The number of carbonyl (C=O) groups is 1. The molecule has 0 radical (unpaired) electrons. The fourth-order valence-electron chi connectivity index (χ4n) is 1.87. The predicted molar refractivity (Wildman–Crippen MR) is 83.8 cm³/mol. The minimum absolute atomic E-state index is 0.0854. The number of nitrogens with zero attached hydrogens (tertiary/aromatic N) is 2. The van der Waals surface area contributed by atoms with Crippen molar-refractivity contribution in [3.8, 4) is 0 Å². The Balaban J connectivity index is 1.72. The van der Waals surface area contributed by atoms with E-state index >= 15 is 0 Å². The van der Waals surface area contributed by atoms with Gasteiger partial charge in [-0.3, -0.25) is 9.00 Å². The van der Waals surface area contributed by atoms with Crippen LogP contribution in [0.1, 0.15) is 0 Å². The van der Waals surface area contributed by atoms with Gasteiger partial charge in [-0.05, 0) is 24.3 Å². The molecule has 5 nitrogen and oxygen atoms in total. The maximum Gasteiger partial charge on any atom is 0.237 e. The van der Waals surface area contributed by atoms with Crippen molar-refractivity contribution < 1.29 is 9.00 Å². The van der Waals surface area contributed by atoms with Gasteiger partial charge in [0.05, 0.1) is 28.2 Å². The van der Waals surface area contributed by atoms with Gasteiger partial charge in [0.1, 0.15) is 16.8 Å². The smallest absolute Gasteiger partial charge is 0.237 e. The van der Waals surface area contributed by atoms with E-state index in [1.165, 1.54) is 0 Å². The van der Waals surface area contributed by atoms with Gasteiger partial charge in [0.15, 0.2) is 0 Å². The van der Waals surface area contributed by atoms with Crippen LogP contribution in [0.3, 0.4) is 0 Å². The summed E-state index contributed by atoms with van der Waals surface area (Å²) in [6.07, 6.45) is 0. The molecule has 106 valence electrons. The zero-order valence-electron chi connectivity index (χ0n) is 10.9. The SMILES string of the molecule is O=C(CS(=O)c1ccccc1)Nc1cccc2nsnc12. The quantitative estimate of drug-likeness (QED) is 0.802. The highest BCUT2D eigenvalue weighted by atomic mass is 32.2. The van der Waals surface area contributed by atoms with E-state index in [0.717, 1.165) is 17.2 Å². The van der Waals surface area contributed by atoms with Gasteiger partial charge in [-0.1, -0.05) is 24.3 Å². The summed E-state index contributed by atoms with van der Waals surface area (Å²) in [5, 5.41) is 2.74. The Morgan fingerprint density at radius 1 is 1.10 bits per heavy atom. The van der Waals surface area contributed by atoms with Crippen LogP contribution in [0.2, 0.25) is 0 Å². The number of benzene rings is 2. The van der Waals surface area contributed by atoms with Crippen LogP contribution in [-0.4, -0.2) is 24.6 Å². The van der Waals surface area contributed by atoms with Gasteiger partial charge in [0, 0.05) is 4.90 Å². The lowest BCUT2D eigenvalue weighted by molar-refractivity contribution is -0.113. The first kappa shape index (κ1) is 13.8. The Labute approximate surface area is 127 Å². The van der Waals surface area contributed by atoms with Crippen molar-refractivity contribution in [3.63, 3.8) is 0 Å². The maximum absolute atomic E-state index is 12.1. The fraction of sp³-hybridized carbons (Fsp3) is 0.0714. The zero-order chi connectivity index (χ0) is 14.7. The van der Waals surface area contributed by atoms with E-state index in [1.807, 2.05) is 12.1 Å². The van der Waals surface area contributed by atoms with Crippen LogP contribution < -0.4 is 5.32 Å². The summed E-state index contributed by atoms with van der Waals surface area (Å²) in [5.74, 6) is -0.393. The van der Waals surface area contributed by atoms with Crippen LogP contribution in [0.25, 0.3) is 11.0 Å². The highest BCUT2D eigenvalue weighted by molar-refractivity contribution is 7.85. The lowest BCUT2D eigenvalue weighted by Crippen LogP contribution is -2.19. The highest BCUT2D eigenvalue weighted by Gasteiger charge is 2.12. The van der Waals surface area contributed by atoms with Crippen LogP contribution in [0.15, 0.2) is 53.4 Å². The van der Waals surface area contributed by atoms with E-state index in [1.54, 1.807) is 36.4 Å². The Hall–Kier alpha value is -2.12. The molecule has 1 heterocycles. The number of amides is 1. The molecule has 0 aliphatic rings. The Bertz CT molecular complexity index is 802. The van der Waals surface area contributed by atoms with Crippen molar-refractivity contribution in [2.24, 2.45) is 0 Å². The molecule has 21 heavy (non-hydrogen) atoms. The Morgan fingerprint density at radius 3 is 2.71 bits per heavy atom. The first-order chi connectivity index (χ1) is 10.2. The van der Waals surface area contributed by atoms with E-state index in [2.05, 4.69) is 14.1 Å². The van der Waals surface area contributed by atoms with Gasteiger partial charge in [-0.2, -0.15) is 8.75 Å². The second kappa shape index (κ2) is 6.11. The Morgan fingerprint density at radius 2 is 1.90 bits per heavy atom. The topological polar surface area (TPSA) is 72.0 Å². The van der Waals surface area contributed by atoms with Gasteiger partial charge in [-0.15, -0.1) is 0 Å². The number of aromatic nitrogens is 2. The van der Waals surface area contributed by atoms with E-state index in [4.69, 9.17) is 0 Å². The third kappa shape index (κ3) is 3.14. The van der Waals surface area contributed by atoms with Gasteiger partial charge in [0.25, 0.3) is 0 Å². The number of hydrogen-bond donors (Lipinski definition) is 1. The van der Waals surface area contributed by atoms with E-state index in [9.17, 15) is 9.00 Å². The third-order valence-corrected chi connectivity index (χ3v) is 4.69. The van der Waals surface area contributed by atoms with Crippen molar-refractivity contribution >= 4 is 45.2 Å². The summed E-state index contributed by atoms with van der Waals surface area (Å²) in [5.41, 5.74) is 1.99. The number of anilines is 1. The molecule has 1 unspecified atom stereocenters. The van der Waals surface area contributed by atoms with Gasteiger partial charge < -0.3 is 5.32 Å². The lowest BCUT2D eigenvalue weighted by atomic mass is 10.2. The molecule has 3 rings (SSSR count). The number of hydrogen-bond acceptors (Lipinski definition) is 5. The molecule has 7 heteroatoms. The summed E-state index contributed by atoms with van der Waals surface area (Å²) in [7, 11) is -1.36. The molecule has 1 N–H and O–H groups in total. The van der Waals surface area contributed by atoms with Crippen molar-refractivity contribution in [2.45, 2.75) is 4.90 Å². The average molecular weight is 317 g/mol. The average Bonchev–Trinajstić information content (AvgIpc) is 2.97. The summed E-state index contributed by atoms with van der Waals surface area (Å²) in [6, 6.07) is 14.3. The maximum atomic E-state index is 12.1. The molecule has 0 aliphatic heterocycles. The molecule has 0 aliphatic carbocycles. The van der Waals surface area contributed by atoms with Gasteiger partial charge in [-0.25, -0.2) is 0 Å². The second-order valence-corrected chi connectivity index (χ2v) is 6.27. The number of carbonyl (C=O) groups excluding carboxylic acids is 1. The number of nitrogens with one attached hydrogen (secondary N) is 1. The van der Waals surface area contributed by atoms with E-state index in [-0.39, 0.29) is 11.7 Å². The second-order valence-electron chi connectivity index (χ2n) is 4.29. The minimum Gasteiger partial charge on any atom is -0.323 e. The first-order valence-electron chi connectivity index (χ1n) is 6.18. The lowest BCUT2D eigenvalue weighted by Gasteiger charge is -2.05. The number of fused-ring (bicyclic) bond motifs is 1. The predicted octanol–water partition coefficient (Wildman–Crippen LogP) is 2.44. The van der Waals surface area contributed by atoms with Crippen LogP contribution >= 0.6 is 11.7 Å². The van der Waals surface area contributed by atoms with E-state index < -0.39 is 10.8 Å². The molecule has 1 aromatic heterocycles. The molecule has 3 aromatic rings. The summed E-state index contributed by atoms with van der Waals surface area (Å²) in [6.45, 7) is 0. The Kier molecular flexibility index (Phi) is 4.03. The van der Waals surface area contributed by atoms with Crippen LogP contribution in [0.5, 0.6) is 0 Å². The molecule has 0 fully saturated rings. The fourth-order valence-corrected chi connectivity index (χ4v) is 3.36. The molecule has 0 bridgehead atoms. The highest BCUT2D eigenvalue weighted by Crippen LogP contribution is 2.21. The molecule has 1 atom stereocenters. The largest absolute Gasteiger partial charge is 0.323 e. The summed E-state index contributed by atoms with van der Waals surface area (Å²) < 4.78 is 20.3. The standard InChI is InChI=1S/C14H11N3O2S2/c18-13(9-21(19)10-5-2-1-3-6-10)15-11-7-4-8-12-14(11)17-20-16-12/h1-8H,9H2,(H,15,18). The normalized spacial score (nSPS) is 12.2. The molecular weight excluding hydrogens is 306 g/mol. The molecule has 0 spiro atoms. The monoisotopic (exact) mass is 317 g/mol. The third-order valence-electron chi connectivity index (χ3n) is 2.83. The van der Waals surface area contributed by atoms with Crippen molar-refractivity contribution in [1.82, 2.24) is 8.75 Å². The number of rotatable bonds is 4.